The first-order valence-electron chi connectivity index (χ1n) is 27.0. The van der Waals surface area contributed by atoms with Crippen molar-refractivity contribution in [2.24, 2.45) is 0 Å². The molecule has 0 saturated carbocycles. The number of hydrogen-bond donors (Lipinski definition) is 0. The minimum absolute atomic E-state index is 0.287. The molecular weight excluding hydrogens is 1030 g/mol. The van der Waals surface area contributed by atoms with Crippen LogP contribution in [-0.4, -0.2) is 149 Å². The quantitative estimate of drug-likeness (QED) is 0.0455. The molecule has 4 heterocycles. The van der Waals surface area contributed by atoms with Gasteiger partial charge in [0, 0.05) is 127 Å². The zero-order valence-electron chi connectivity index (χ0n) is 47.6. The second-order valence-electron chi connectivity index (χ2n) is 18.8. The second-order valence-corrected chi connectivity index (χ2v) is 25.3. The standard InChI is InChI=1S/C59H81N8O7P3/c1-13-66(14-2)53-39-46(27-29-55(53)70-8)23-25-48-37-51(61-58(41-48)76(11,68)73-18-6)44-64-33-31-63(43-50-21-20-22-57(60-50)75(10)72-17-5)32-34-65(36-35-64)45-52-38-49(42-59(62-52)77(12,69)74-19-7)26-24-47-28-30-56(71-9)54(40-47)67(15-3)16-4/h20-22,27-30,37-42H,13-19,31-36,43-45H2,1-12H3. The third kappa shape index (κ3) is 17.4. The van der Waals surface area contributed by atoms with Gasteiger partial charge in [0.1, 0.15) is 22.4 Å². The third-order valence-corrected chi connectivity index (χ3v) is 18.5. The summed E-state index contributed by atoms with van der Waals surface area (Å²) in [6.07, 6.45) is 0. The van der Waals surface area contributed by atoms with Crippen LogP contribution in [0.5, 0.6) is 11.5 Å². The molecule has 3 unspecified atom stereocenters. The molecule has 0 amide bonds. The molecule has 414 valence electrons. The number of methoxy groups -OCH3 is 2. The summed E-state index contributed by atoms with van der Waals surface area (Å²) in [6, 6.07) is 25.8. The van der Waals surface area contributed by atoms with Crippen LogP contribution in [-0.2, 0) is 42.3 Å². The van der Waals surface area contributed by atoms with Crippen LogP contribution >= 0.6 is 22.9 Å². The van der Waals surface area contributed by atoms with Gasteiger partial charge >= 0.3 is 0 Å². The lowest BCUT2D eigenvalue weighted by atomic mass is 10.1. The Morgan fingerprint density at radius 1 is 0.519 bits per heavy atom. The van der Waals surface area contributed by atoms with Gasteiger partial charge in [-0.25, -0.2) is 15.0 Å². The van der Waals surface area contributed by atoms with Gasteiger partial charge in [0.2, 0.25) is 14.7 Å². The molecule has 1 fully saturated rings. The molecule has 0 bridgehead atoms. The third-order valence-electron chi connectivity index (χ3n) is 13.4. The molecule has 0 radical (unpaired) electrons. The van der Waals surface area contributed by atoms with Crippen LogP contribution in [0.15, 0.2) is 78.9 Å². The Balaban J connectivity index is 1.37. The second kappa shape index (κ2) is 29.7. The predicted octanol–water partition coefficient (Wildman–Crippen LogP) is 9.03. The van der Waals surface area contributed by atoms with Gasteiger partial charge in [-0.1, -0.05) is 29.7 Å². The normalized spacial score (nSPS) is 15.5. The van der Waals surface area contributed by atoms with E-state index in [0.29, 0.717) is 61.3 Å². The topological polar surface area (TPSA) is 135 Å². The van der Waals surface area contributed by atoms with E-state index in [2.05, 4.69) is 113 Å². The fraction of sp³-hybridized carbons (Fsp3) is 0.475. The maximum Gasteiger partial charge on any atom is 0.247 e. The molecule has 3 atom stereocenters. The van der Waals surface area contributed by atoms with E-state index in [-0.39, 0.29) is 13.2 Å². The van der Waals surface area contributed by atoms with Gasteiger partial charge in [0.05, 0.1) is 69.5 Å². The maximum atomic E-state index is 14.1. The van der Waals surface area contributed by atoms with Crippen LogP contribution in [0.3, 0.4) is 0 Å². The van der Waals surface area contributed by atoms with Crippen molar-refractivity contribution in [3.8, 4) is 35.2 Å². The number of benzene rings is 2. The lowest BCUT2D eigenvalue weighted by Gasteiger charge is -2.26. The summed E-state index contributed by atoms with van der Waals surface area (Å²) in [5.74, 6) is 15.1. The molecule has 1 aliphatic heterocycles. The van der Waals surface area contributed by atoms with Gasteiger partial charge in [-0.3, -0.25) is 23.8 Å². The number of anilines is 2. The molecular formula is C59H81N8O7P3. The molecule has 18 heteroatoms. The van der Waals surface area contributed by atoms with E-state index in [4.69, 9.17) is 38.0 Å². The van der Waals surface area contributed by atoms with E-state index in [1.54, 1.807) is 39.7 Å². The zero-order valence-corrected chi connectivity index (χ0v) is 50.3. The van der Waals surface area contributed by atoms with Crippen molar-refractivity contribution in [2.45, 2.75) is 68.1 Å². The lowest BCUT2D eigenvalue weighted by Crippen LogP contribution is -2.36. The van der Waals surface area contributed by atoms with E-state index < -0.39 is 22.9 Å². The number of ether oxygens (including phenoxy) is 2. The highest BCUT2D eigenvalue weighted by atomic mass is 31.2. The summed E-state index contributed by atoms with van der Waals surface area (Å²) in [5.41, 5.74) is 9.28. The predicted molar refractivity (Wildman–Crippen MR) is 317 cm³/mol. The Labute approximate surface area is 461 Å². The lowest BCUT2D eigenvalue weighted by molar-refractivity contribution is 0.207. The van der Waals surface area contributed by atoms with Gasteiger partial charge in [-0.15, -0.1) is 0 Å². The number of nitrogens with zero attached hydrogens (tertiary/aromatic N) is 8. The smallest absolute Gasteiger partial charge is 0.247 e. The van der Waals surface area contributed by atoms with Gasteiger partial charge in [-0.05, 0) is 128 Å². The molecule has 0 spiro atoms. The van der Waals surface area contributed by atoms with Gasteiger partial charge < -0.3 is 32.8 Å². The summed E-state index contributed by atoms with van der Waals surface area (Å²) >= 11 is 0. The molecule has 0 N–H and O–H groups in total. The molecule has 5 aromatic rings. The Kier molecular flexibility index (Phi) is 23.6. The minimum atomic E-state index is -3.29. The molecule has 77 heavy (non-hydrogen) atoms. The van der Waals surface area contributed by atoms with E-state index in [0.717, 1.165) is 109 Å². The van der Waals surface area contributed by atoms with Crippen LogP contribution in [0.4, 0.5) is 11.4 Å². The number of hydrogen-bond acceptors (Lipinski definition) is 15. The van der Waals surface area contributed by atoms with Gasteiger partial charge in [0.25, 0.3) is 0 Å². The van der Waals surface area contributed by atoms with Crippen molar-refractivity contribution in [1.29, 1.82) is 0 Å². The summed E-state index contributed by atoms with van der Waals surface area (Å²) in [4.78, 5) is 26.9. The maximum absolute atomic E-state index is 14.1. The minimum Gasteiger partial charge on any atom is -0.495 e. The van der Waals surface area contributed by atoms with E-state index in [9.17, 15) is 9.13 Å². The van der Waals surface area contributed by atoms with E-state index in [1.165, 1.54) is 0 Å². The van der Waals surface area contributed by atoms with Crippen molar-refractivity contribution < 1.29 is 32.2 Å². The highest BCUT2D eigenvalue weighted by Gasteiger charge is 2.26. The highest BCUT2D eigenvalue weighted by Crippen LogP contribution is 2.42. The molecule has 6 rings (SSSR count). The number of rotatable bonds is 23. The summed E-state index contributed by atoms with van der Waals surface area (Å²) < 4.78 is 57.4. The number of aromatic nitrogens is 3. The van der Waals surface area contributed by atoms with Crippen molar-refractivity contribution in [1.82, 2.24) is 29.7 Å². The fourth-order valence-corrected chi connectivity index (χ4v) is 13.0. The van der Waals surface area contributed by atoms with Gasteiger partial charge in [-0.2, -0.15) is 0 Å². The summed E-state index contributed by atoms with van der Waals surface area (Å²) in [7, 11) is -4.04. The monoisotopic (exact) mass is 1110 g/mol. The first-order chi connectivity index (χ1) is 37.1. The first-order valence-corrected chi connectivity index (χ1v) is 32.8. The Hall–Kier alpha value is -5.14. The van der Waals surface area contributed by atoms with Crippen LogP contribution in [0.2, 0.25) is 0 Å². The molecule has 0 aliphatic carbocycles. The fourth-order valence-electron chi connectivity index (χ4n) is 9.27. The van der Waals surface area contributed by atoms with Crippen LogP contribution in [0.1, 0.15) is 87.8 Å². The highest BCUT2D eigenvalue weighted by molar-refractivity contribution is 7.66. The first kappa shape index (κ1) is 61.1. The Morgan fingerprint density at radius 2 is 0.922 bits per heavy atom. The van der Waals surface area contributed by atoms with Crippen molar-refractivity contribution >= 4 is 50.6 Å². The Morgan fingerprint density at radius 3 is 1.30 bits per heavy atom. The van der Waals surface area contributed by atoms with E-state index >= 15 is 0 Å². The molecule has 1 aliphatic rings. The summed E-state index contributed by atoms with van der Waals surface area (Å²) in [6.45, 7) is 30.1. The molecule has 2 aromatic carbocycles. The SMILES string of the molecule is CCOP(C)c1cccc(CN2CCN(Cc3cc(C#Cc4ccc(OC)c(N(CC)CC)c4)cc(P(C)(=O)OCC)n3)CCN(Cc3cc(C#Cc4ccc(OC)c(N(CC)CC)c4)cc(P(C)(=O)OCC)n3)CC2)n1. The Bertz CT molecular complexity index is 2800. The summed E-state index contributed by atoms with van der Waals surface area (Å²) in [5, 5.41) is 0. The molecule has 15 nitrogen and oxygen atoms in total. The largest absolute Gasteiger partial charge is 0.495 e. The van der Waals surface area contributed by atoms with E-state index in [1.807, 2.05) is 57.2 Å². The average molecular weight is 1110 g/mol. The molecule has 1 saturated heterocycles. The van der Waals surface area contributed by atoms with Crippen molar-refractivity contribution in [2.75, 3.05) is 129 Å². The van der Waals surface area contributed by atoms with Crippen molar-refractivity contribution in [3.05, 3.63) is 118 Å². The average Bonchev–Trinajstić information content (AvgIpc) is 3.52. The van der Waals surface area contributed by atoms with Crippen LogP contribution < -0.4 is 35.6 Å². The number of pyridine rings is 3. The van der Waals surface area contributed by atoms with Crippen LogP contribution in [0.25, 0.3) is 0 Å². The van der Waals surface area contributed by atoms with Crippen LogP contribution in [0, 0.1) is 23.7 Å². The zero-order chi connectivity index (χ0) is 55.5. The van der Waals surface area contributed by atoms with Crippen molar-refractivity contribution in [3.63, 3.8) is 0 Å². The molecule has 3 aromatic heterocycles. The van der Waals surface area contributed by atoms with Gasteiger partial charge in [0.15, 0.2) is 0 Å².